The quantitative estimate of drug-likeness (QED) is 0.407. The number of carbonyl (C=O) groups is 1. The Kier molecular flexibility index (Phi) is 2.74. The molecule has 0 N–H and O–H groups in total. The minimum atomic E-state index is -1.01. The van der Waals surface area contributed by atoms with Crippen molar-refractivity contribution in [3.63, 3.8) is 0 Å². The lowest BCUT2D eigenvalue weighted by atomic mass is 10.3. The van der Waals surface area contributed by atoms with Crippen LogP contribution < -0.4 is 19.1 Å². The first kappa shape index (κ1) is 10.9. The van der Waals surface area contributed by atoms with E-state index in [-0.39, 0.29) is 0 Å². The minimum absolute atomic E-state index is 0.391. The zero-order valence-electron chi connectivity index (χ0n) is 9.46. The molecule has 0 bridgehead atoms. The zero-order valence-corrected chi connectivity index (χ0v) is 10.9. The molecule has 2 aromatic rings. The summed E-state index contributed by atoms with van der Waals surface area (Å²) in [5, 5.41) is 0.936. The molecule has 0 fully saturated rings. The van der Waals surface area contributed by atoms with Gasteiger partial charge in [0.1, 0.15) is 11.5 Å². The Balaban J connectivity index is 2.01. The highest BCUT2D eigenvalue weighted by molar-refractivity contribution is 6.49. The van der Waals surface area contributed by atoms with E-state index >= 15 is 0 Å². The molecule has 0 saturated carbocycles. The SMILES string of the molecule is O=C1Oc2ccccc2O[SiH2]c2ccccc2O1. The predicted octanol–water partition coefficient (Wildman–Crippen LogP) is 1.37. The van der Waals surface area contributed by atoms with E-state index in [1.54, 1.807) is 24.3 Å². The maximum Gasteiger partial charge on any atom is 0.519 e. The third-order valence-electron chi connectivity index (χ3n) is 2.59. The van der Waals surface area contributed by atoms with Crippen molar-refractivity contribution < 1.29 is 18.7 Å². The second-order valence-electron chi connectivity index (χ2n) is 3.80. The van der Waals surface area contributed by atoms with Gasteiger partial charge < -0.3 is 13.9 Å². The molecule has 18 heavy (non-hydrogen) atoms. The van der Waals surface area contributed by atoms with Crippen LogP contribution in [-0.2, 0) is 0 Å². The lowest BCUT2D eigenvalue weighted by Crippen LogP contribution is -2.23. The Bertz CT molecular complexity index is 546. The second kappa shape index (κ2) is 4.54. The maximum atomic E-state index is 11.6. The van der Waals surface area contributed by atoms with Crippen molar-refractivity contribution in [1.82, 2.24) is 0 Å². The van der Waals surface area contributed by atoms with Crippen molar-refractivity contribution in [2.45, 2.75) is 0 Å². The van der Waals surface area contributed by atoms with Gasteiger partial charge in [0.25, 0.3) is 9.76 Å². The normalized spacial score (nSPS) is 15.0. The van der Waals surface area contributed by atoms with Gasteiger partial charge in [0, 0.05) is 5.19 Å². The summed E-state index contributed by atoms with van der Waals surface area (Å²) in [4.78, 5) is 11.6. The topological polar surface area (TPSA) is 44.8 Å². The van der Waals surface area contributed by atoms with Crippen LogP contribution in [0.15, 0.2) is 48.5 Å². The van der Waals surface area contributed by atoms with Gasteiger partial charge in [-0.2, -0.15) is 0 Å². The molecule has 1 aliphatic rings. The van der Waals surface area contributed by atoms with Crippen molar-refractivity contribution in [2.75, 3.05) is 0 Å². The molecule has 0 unspecified atom stereocenters. The summed E-state index contributed by atoms with van der Waals surface area (Å²) in [5.74, 6) is 1.49. The van der Waals surface area contributed by atoms with Crippen molar-refractivity contribution in [2.24, 2.45) is 0 Å². The fourth-order valence-corrected chi connectivity index (χ4v) is 2.85. The van der Waals surface area contributed by atoms with E-state index in [1.165, 1.54) is 0 Å². The molecule has 0 spiro atoms. The zero-order chi connectivity index (χ0) is 12.4. The largest absolute Gasteiger partial charge is 0.542 e. The Morgan fingerprint density at radius 1 is 0.778 bits per heavy atom. The van der Waals surface area contributed by atoms with Crippen molar-refractivity contribution in [3.05, 3.63) is 48.5 Å². The molecule has 2 aromatic carbocycles. The summed E-state index contributed by atoms with van der Waals surface area (Å²) < 4.78 is 16.0. The fourth-order valence-electron chi connectivity index (χ4n) is 1.73. The van der Waals surface area contributed by atoms with E-state index in [2.05, 4.69) is 0 Å². The summed E-state index contributed by atoms with van der Waals surface area (Å²) in [6.07, 6.45) is -0.741. The number of hydrogen-bond acceptors (Lipinski definition) is 4. The third-order valence-corrected chi connectivity index (χ3v) is 3.94. The molecular weight excluding hydrogens is 248 g/mol. The van der Waals surface area contributed by atoms with Gasteiger partial charge >= 0.3 is 6.16 Å². The molecule has 0 saturated heterocycles. The van der Waals surface area contributed by atoms with Crippen LogP contribution in [-0.4, -0.2) is 15.9 Å². The van der Waals surface area contributed by atoms with Crippen LogP contribution in [0.3, 0.4) is 0 Å². The predicted molar refractivity (Wildman–Crippen MR) is 68.3 cm³/mol. The van der Waals surface area contributed by atoms with Gasteiger partial charge in [-0.25, -0.2) is 4.79 Å². The first-order valence-electron chi connectivity index (χ1n) is 5.52. The number of ether oxygens (including phenoxy) is 2. The monoisotopic (exact) mass is 258 g/mol. The minimum Gasteiger partial charge on any atom is -0.542 e. The van der Waals surface area contributed by atoms with E-state index in [4.69, 9.17) is 13.9 Å². The molecule has 1 heterocycles. The average molecular weight is 258 g/mol. The molecule has 0 aliphatic carbocycles. The first-order chi connectivity index (χ1) is 8.83. The first-order valence-corrected chi connectivity index (χ1v) is 6.81. The summed E-state index contributed by atoms with van der Waals surface area (Å²) in [6.45, 7) is 0. The molecule has 1 aliphatic heterocycles. The van der Waals surface area contributed by atoms with Crippen LogP contribution >= 0.6 is 0 Å². The second-order valence-corrected chi connectivity index (χ2v) is 5.14. The highest BCUT2D eigenvalue weighted by Crippen LogP contribution is 2.27. The standard InChI is InChI=1S/C13H10O4Si/c14-13-15-9-5-1-2-6-10(9)17-18-12-8-4-3-7-11(12)16-13/h1-8H,18H2. The van der Waals surface area contributed by atoms with Crippen LogP contribution in [0.5, 0.6) is 17.2 Å². The van der Waals surface area contributed by atoms with Crippen molar-refractivity contribution in [3.8, 4) is 17.2 Å². The molecule has 0 atom stereocenters. The molecule has 3 rings (SSSR count). The lowest BCUT2D eigenvalue weighted by Gasteiger charge is -2.08. The smallest absolute Gasteiger partial charge is 0.519 e. The van der Waals surface area contributed by atoms with Crippen LogP contribution in [0, 0.1) is 0 Å². The van der Waals surface area contributed by atoms with Crippen molar-refractivity contribution in [1.29, 1.82) is 0 Å². The Morgan fingerprint density at radius 3 is 2.22 bits per heavy atom. The molecule has 0 amide bonds. The van der Waals surface area contributed by atoms with E-state index in [9.17, 15) is 4.79 Å². The van der Waals surface area contributed by atoms with Gasteiger partial charge in [0.15, 0.2) is 5.75 Å². The molecule has 0 radical (unpaired) electrons. The molecule has 0 aromatic heterocycles. The summed E-state index contributed by atoms with van der Waals surface area (Å²) in [6, 6.07) is 14.4. The van der Waals surface area contributed by atoms with Crippen molar-refractivity contribution >= 4 is 21.1 Å². The summed E-state index contributed by atoms with van der Waals surface area (Å²) in [5.41, 5.74) is 0. The van der Waals surface area contributed by atoms with E-state index in [0.29, 0.717) is 17.2 Å². The summed E-state index contributed by atoms with van der Waals surface area (Å²) >= 11 is 0. The molecular formula is C13H10O4Si. The number of benzene rings is 2. The number of fused-ring (bicyclic) bond motifs is 2. The molecule has 4 nitrogen and oxygen atoms in total. The van der Waals surface area contributed by atoms with Gasteiger partial charge in [0.2, 0.25) is 0 Å². The van der Waals surface area contributed by atoms with Gasteiger partial charge in [0.05, 0.1) is 0 Å². The number of rotatable bonds is 0. The van der Waals surface area contributed by atoms with Gasteiger partial charge in [-0.05, 0) is 18.2 Å². The van der Waals surface area contributed by atoms with Gasteiger partial charge in [-0.3, -0.25) is 0 Å². The van der Waals surface area contributed by atoms with E-state index in [0.717, 1.165) is 5.19 Å². The lowest BCUT2D eigenvalue weighted by molar-refractivity contribution is 0.151. The van der Waals surface area contributed by atoms with Gasteiger partial charge in [-0.1, -0.05) is 30.3 Å². The number of hydrogen-bond donors (Lipinski definition) is 0. The fraction of sp³-hybridized carbons (Fsp3) is 0. The van der Waals surface area contributed by atoms with E-state index in [1.807, 2.05) is 24.3 Å². The molecule has 90 valence electrons. The average Bonchev–Trinajstić information content (AvgIpc) is 2.45. The van der Waals surface area contributed by atoms with Crippen LogP contribution in [0.4, 0.5) is 4.79 Å². The Morgan fingerprint density at radius 2 is 1.39 bits per heavy atom. The van der Waals surface area contributed by atoms with Crippen LogP contribution in [0.1, 0.15) is 0 Å². The van der Waals surface area contributed by atoms with Crippen LogP contribution in [0.2, 0.25) is 0 Å². The number of carbonyl (C=O) groups excluding carboxylic acids is 1. The Hall–Kier alpha value is -2.27. The van der Waals surface area contributed by atoms with Gasteiger partial charge in [-0.15, -0.1) is 0 Å². The summed E-state index contributed by atoms with van der Waals surface area (Å²) in [7, 11) is -1.01. The van der Waals surface area contributed by atoms with E-state index < -0.39 is 15.9 Å². The molecule has 5 heteroatoms. The highest BCUT2D eigenvalue weighted by atomic mass is 28.2. The highest BCUT2D eigenvalue weighted by Gasteiger charge is 2.17. The third kappa shape index (κ3) is 2.08. The maximum absolute atomic E-state index is 11.6. The van der Waals surface area contributed by atoms with Crippen LogP contribution in [0.25, 0.3) is 0 Å². The number of para-hydroxylation sites is 3. The Labute approximate surface area is 106 Å².